The largest absolute Gasteiger partial charge is 0.397 e. The maximum absolute atomic E-state index is 6.11. The molecule has 0 aliphatic heterocycles. The van der Waals surface area contributed by atoms with Crippen molar-refractivity contribution in [2.45, 2.75) is 59.9 Å². The Morgan fingerprint density at radius 1 is 1.11 bits per heavy atom. The summed E-state index contributed by atoms with van der Waals surface area (Å²) >= 11 is 0. The first kappa shape index (κ1) is 14.2. The molecule has 1 aliphatic carbocycles. The number of nitrogens with two attached hydrogens (primary N) is 1. The second-order valence-electron chi connectivity index (χ2n) is 7.79. The van der Waals surface area contributed by atoms with Gasteiger partial charge in [-0.3, -0.25) is 0 Å². The van der Waals surface area contributed by atoms with Crippen LogP contribution in [0.2, 0.25) is 0 Å². The van der Waals surface area contributed by atoms with E-state index in [4.69, 9.17) is 5.73 Å². The molecule has 0 amide bonds. The number of nitrogen functional groups attached to an aromatic ring is 1. The summed E-state index contributed by atoms with van der Waals surface area (Å²) in [5.74, 6) is 0. The smallest absolute Gasteiger partial charge is 0.0605 e. The summed E-state index contributed by atoms with van der Waals surface area (Å²) in [5, 5.41) is 3.70. The van der Waals surface area contributed by atoms with Crippen LogP contribution in [0.1, 0.15) is 52.5 Å². The molecule has 0 aromatic heterocycles. The van der Waals surface area contributed by atoms with Gasteiger partial charge in [0, 0.05) is 6.04 Å². The van der Waals surface area contributed by atoms with E-state index in [9.17, 15) is 0 Å². The van der Waals surface area contributed by atoms with Crippen molar-refractivity contribution in [2.75, 3.05) is 11.1 Å². The topological polar surface area (TPSA) is 38.0 Å². The SMILES string of the molecule is Cc1cccc(N)c1NC1CC(C)(C)CC(C)(C)C1. The maximum atomic E-state index is 6.11. The first-order valence-electron chi connectivity index (χ1n) is 7.30. The van der Waals surface area contributed by atoms with Gasteiger partial charge in [-0.05, 0) is 48.6 Å². The average Bonchev–Trinajstić information content (AvgIpc) is 2.19. The molecule has 2 rings (SSSR count). The molecule has 0 saturated heterocycles. The number of benzene rings is 1. The van der Waals surface area contributed by atoms with Crippen LogP contribution in [0, 0.1) is 17.8 Å². The minimum atomic E-state index is 0.400. The quantitative estimate of drug-likeness (QED) is 0.763. The predicted molar refractivity (Wildman–Crippen MR) is 84.4 cm³/mol. The van der Waals surface area contributed by atoms with Crippen LogP contribution < -0.4 is 11.1 Å². The number of hydrogen-bond donors (Lipinski definition) is 2. The third kappa shape index (κ3) is 3.43. The van der Waals surface area contributed by atoms with Gasteiger partial charge in [-0.2, -0.15) is 0 Å². The number of para-hydroxylation sites is 1. The number of anilines is 2. The lowest BCUT2D eigenvalue weighted by Crippen LogP contribution is -2.40. The van der Waals surface area contributed by atoms with Gasteiger partial charge < -0.3 is 11.1 Å². The van der Waals surface area contributed by atoms with Crippen molar-refractivity contribution in [2.24, 2.45) is 10.8 Å². The van der Waals surface area contributed by atoms with Crippen LogP contribution in [-0.4, -0.2) is 6.04 Å². The van der Waals surface area contributed by atoms with Crippen molar-refractivity contribution in [3.8, 4) is 0 Å². The molecule has 1 fully saturated rings. The van der Waals surface area contributed by atoms with Crippen LogP contribution in [0.3, 0.4) is 0 Å². The van der Waals surface area contributed by atoms with E-state index in [-0.39, 0.29) is 0 Å². The third-order valence-electron chi connectivity index (χ3n) is 4.21. The molecule has 1 aromatic carbocycles. The van der Waals surface area contributed by atoms with Crippen LogP contribution in [-0.2, 0) is 0 Å². The van der Waals surface area contributed by atoms with Crippen LogP contribution in [0.4, 0.5) is 11.4 Å². The molecule has 2 heteroatoms. The number of hydrogen-bond acceptors (Lipinski definition) is 2. The Morgan fingerprint density at radius 2 is 1.68 bits per heavy atom. The van der Waals surface area contributed by atoms with Crippen molar-refractivity contribution in [1.82, 2.24) is 0 Å². The highest BCUT2D eigenvalue weighted by atomic mass is 14.9. The molecule has 106 valence electrons. The minimum Gasteiger partial charge on any atom is -0.397 e. The average molecular weight is 260 g/mol. The van der Waals surface area contributed by atoms with Crippen LogP contribution >= 0.6 is 0 Å². The number of rotatable bonds is 2. The molecular formula is C17H28N2. The Labute approximate surface area is 117 Å². The van der Waals surface area contributed by atoms with Crippen LogP contribution in [0.25, 0.3) is 0 Å². The summed E-state index contributed by atoms with van der Waals surface area (Å²) in [6.45, 7) is 11.6. The second kappa shape index (κ2) is 4.73. The monoisotopic (exact) mass is 260 g/mol. The summed E-state index contributed by atoms with van der Waals surface area (Å²) in [4.78, 5) is 0. The van der Waals surface area contributed by atoms with E-state index in [1.165, 1.54) is 24.8 Å². The zero-order valence-corrected chi connectivity index (χ0v) is 13.0. The van der Waals surface area contributed by atoms with Gasteiger partial charge in [0.25, 0.3) is 0 Å². The van der Waals surface area contributed by atoms with Gasteiger partial charge >= 0.3 is 0 Å². The molecule has 19 heavy (non-hydrogen) atoms. The molecule has 0 atom stereocenters. The lowest BCUT2D eigenvalue weighted by molar-refractivity contribution is 0.105. The summed E-state index contributed by atoms with van der Waals surface area (Å²) < 4.78 is 0. The Kier molecular flexibility index (Phi) is 3.55. The van der Waals surface area contributed by atoms with Crippen molar-refractivity contribution in [3.05, 3.63) is 23.8 Å². The fourth-order valence-electron chi connectivity index (χ4n) is 4.04. The van der Waals surface area contributed by atoms with E-state index in [1.807, 2.05) is 12.1 Å². The Bertz CT molecular complexity index is 424. The zero-order valence-electron chi connectivity index (χ0n) is 13.0. The Morgan fingerprint density at radius 3 is 2.21 bits per heavy atom. The normalized spacial score (nSPS) is 22.2. The summed E-state index contributed by atoms with van der Waals surface area (Å²) in [6, 6.07) is 6.64. The highest BCUT2D eigenvalue weighted by Crippen LogP contribution is 2.46. The summed E-state index contributed by atoms with van der Waals surface area (Å²) in [6.07, 6.45) is 3.72. The van der Waals surface area contributed by atoms with Crippen molar-refractivity contribution < 1.29 is 0 Å². The molecule has 2 nitrogen and oxygen atoms in total. The highest BCUT2D eigenvalue weighted by Gasteiger charge is 2.38. The molecule has 0 heterocycles. The molecule has 3 N–H and O–H groups in total. The molecule has 1 aromatic rings. The van der Waals surface area contributed by atoms with E-state index in [2.05, 4.69) is 46.0 Å². The minimum absolute atomic E-state index is 0.400. The molecule has 0 spiro atoms. The first-order chi connectivity index (χ1) is 8.69. The second-order valence-corrected chi connectivity index (χ2v) is 7.79. The van der Waals surface area contributed by atoms with Gasteiger partial charge in [0.15, 0.2) is 0 Å². The lowest BCUT2D eigenvalue weighted by Gasteiger charge is -2.45. The summed E-state index contributed by atoms with van der Waals surface area (Å²) in [7, 11) is 0. The van der Waals surface area contributed by atoms with E-state index in [0.717, 1.165) is 11.4 Å². The molecular weight excluding hydrogens is 232 g/mol. The van der Waals surface area contributed by atoms with E-state index in [1.54, 1.807) is 0 Å². The lowest BCUT2D eigenvalue weighted by atomic mass is 9.63. The van der Waals surface area contributed by atoms with Crippen molar-refractivity contribution in [3.63, 3.8) is 0 Å². The molecule has 0 unspecified atom stereocenters. The fraction of sp³-hybridized carbons (Fsp3) is 0.647. The van der Waals surface area contributed by atoms with Crippen LogP contribution in [0.5, 0.6) is 0 Å². The Hall–Kier alpha value is -1.18. The molecule has 0 bridgehead atoms. The van der Waals surface area contributed by atoms with Gasteiger partial charge in [-0.1, -0.05) is 39.8 Å². The van der Waals surface area contributed by atoms with Gasteiger partial charge in [0.2, 0.25) is 0 Å². The zero-order chi connectivity index (χ0) is 14.3. The molecule has 1 aliphatic rings. The van der Waals surface area contributed by atoms with Gasteiger partial charge in [-0.25, -0.2) is 0 Å². The van der Waals surface area contributed by atoms with Crippen LogP contribution in [0.15, 0.2) is 18.2 Å². The van der Waals surface area contributed by atoms with E-state index >= 15 is 0 Å². The number of aryl methyl sites for hydroxylation is 1. The summed E-state index contributed by atoms with van der Waals surface area (Å²) in [5.41, 5.74) is 10.1. The van der Waals surface area contributed by atoms with Gasteiger partial charge in [0.1, 0.15) is 0 Å². The Balaban J connectivity index is 2.19. The van der Waals surface area contributed by atoms with Gasteiger partial charge in [0.05, 0.1) is 11.4 Å². The fourth-order valence-corrected chi connectivity index (χ4v) is 4.04. The first-order valence-corrected chi connectivity index (χ1v) is 7.30. The van der Waals surface area contributed by atoms with E-state index in [0.29, 0.717) is 16.9 Å². The van der Waals surface area contributed by atoms with Gasteiger partial charge in [-0.15, -0.1) is 0 Å². The molecule has 1 saturated carbocycles. The molecule has 0 radical (unpaired) electrons. The predicted octanol–water partition coefficient (Wildman–Crippen LogP) is 4.59. The number of nitrogens with one attached hydrogen (secondary N) is 1. The maximum Gasteiger partial charge on any atom is 0.0605 e. The van der Waals surface area contributed by atoms with E-state index < -0.39 is 0 Å². The highest BCUT2D eigenvalue weighted by molar-refractivity contribution is 5.70. The third-order valence-corrected chi connectivity index (χ3v) is 4.21. The van der Waals surface area contributed by atoms with Crippen molar-refractivity contribution >= 4 is 11.4 Å². The standard InChI is InChI=1S/C17H28N2/c1-12-7-6-8-14(18)15(12)19-13-9-16(2,3)11-17(4,5)10-13/h6-8,13,19H,9-11,18H2,1-5H3. The van der Waals surface area contributed by atoms with Crippen molar-refractivity contribution in [1.29, 1.82) is 0 Å².